The number of halogens is 1. The molecule has 2 heterocycles. The first-order valence-electron chi connectivity index (χ1n) is 13.9. The third-order valence-electron chi connectivity index (χ3n) is 7.42. The summed E-state index contributed by atoms with van der Waals surface area (Å²) in [6.07, 6.45) is -6.10. The van der Waals surface area contributed by atoms with Crippen molar-refractivity contribution in [2.75, 3.05) is 12.4 Å². The van der Waals surface area contributed by atoms with Crippen molar-refractivity contribution in [3.63, 3.8) is 0 Å². The van der Waals surface area contributed by atoms with Crippen molar-refractivity contribution in [3.05, 3.63) is 86.7 Å². The minimum absolute atomic E-state index is 0.0375. The average molecular weight is 700 g/mol. The van der Waals surface area contributed by atoms with Crippen molar-refractivity contribution in [3.8, 4) is 23.0 Å². The van der Waals surface area contributed by atoms with E-state index in [1.807, 2.05) is 6.07 Å². The van der Waals surface area contributed by atoms with E-state index in [1.54, 1.807) is 51.1 Å². The minimum Gasteiger partial charge on any atom is -0.505 e. The highest BCUT2D eigenvalue weighted by Crippen LogP contribution is 2.39. The SMILES string of the molecule is CO[C@@H]1[C@@H](OC(N)=O)[C@@H](O)[C@H](Oc2ccc3c(O)c(NC(=O)c4ccc(Br)c(Oc5ccccc5)c4)c(=O)oc3c2C)OC1(C)C. The van der Waals surface area contributed by atoms with Crippen LogP contribution in [0.3, 0.4) is 0 Å². The Balaban J connectivity index is 1.41. The Morgan fingerprint density at radius 1 is 1.07 bits per heavy atom. The zero-order chi connectivity index (χ0) is 33.3. The van der Waals surface area contributed by atoms with Crippen LogP contribution in [0.4, 0.5) is 10.5 Å². The maximum absolute atomic E-state index is 13.2. The second-order valence-electron chi connectivity index (χ2n) is 10.9. The summed E-state index contributed by atoms with van der Waals surface area (Å²) in [5.41, 5.74) is 3.01. The molecule has 0 saturated carbocycles. The number of nitrogens with one attached hydrogen (secondary N) is 1. The monoisotopic (exact) mass is 698 g/mol. The molecule has 3 aromatic carbocycles. The second kappa shape index (κ2) is 13.0. The molecule has 0 radical (unpaired) electrons. The van der Waals surface area contributed by atoms with Gasteiger partial charge in [-0.05, 0) is 79.2 Å². The van der Waals surface area contributed by atoms with Crippen LogP contribution in [-0.2, 0) is 14.2 Å². The lowest BCUT2D eigenvalue weighted by molar-refractivity contribution is -0.304. The third-order valence-corrected chi connectivity index (χ3v) is 8.07. The van der Waals surface area contributed by atoms with Gasteiger partial charge in [-0.25, -0.2) is 9.59 Å². The van der Waals surface area contributed by atoms with Gasteiger partial charge in [-0.15, -0.1) is 0 Å². The standard InChI is InChI=1S/C32H31BrN2O11/c1-15-20(43-30-24(37)26(45-31(34)40)27(41-4)32(2,3)46-30)13-11-18-23(36)22(29(39)44-25(15)18)35-28(38)16-10-12-19(33)21(14-16)42-17-8-6-5-7-9-17/h5-14,24,26-27,30,36-37H,1-4H3,(H2,34,40)(H,35,38)/t24-,26+,27-,30-/m1/s1. The molecule has 1 aliphatic rings. The molecule has 46 heavy (non-hydrogen) atoms. The van der Waals surface area contributed by atoms with Gasteiger partial charge in [0.15, 0.2) is 23.6 Å². The number of aromatic hydroxyl groups is 1. The van der Waals surface area contributed by atoms with E-state index in [0.29, 0.717) is 16.0 Å². The summed E-state index contributed by atoms with van der Waals surface area (Å²) in [4.78, 5) is 37.7. The number of primary amides is 1. The number of aliphatic hydroxyl groups excluding tert-OH is 1. The number of para-hydroxylation sites is 1. The van der Waals surface area contributed by atoms with Gasteiger partial charge in [-0.3, -0.25) is 4.79 Å². The van der Waals surface area contributed by atoms with Crippen molar-refractivity contribution in [2.24, 2.45) is 5.73 Å². The summed E-state index contributed by atoms with van der Waals surface area (Å²) in [6, 6.07) is 16.5. The number of aryl methyl sites for hydroxylation is 1. The van der Waals surface area contributed by atoms with E-state index in [1.165, 1.54) is 31.4 Å². The van der Waals surface area contributed by atoms with E-state index >= 15 is 0 Å². The molecule has 4 atom stereocenters. The largest absolute Gasteiger partial charge is 0.505 e. The molecule has 1 saturated heterocycles. The van der Waals surface area contributed by atoms with Gasteiger partial charge in [0.05, 0.1) is 15.5 Å². The van der Waals surface area contributed by atoms with Gasteiger partial charge >= 0.3 is 11.7 Å². The summed E-state index contributed by atoms with van der Waals surface area (Å²) in [5, 5.41) is 24.5. The number of nitrogens with two attached hydrogens (primary N) is 1. The van der Waals surface area contributed by atoms with E-state index in [0.717, 1.165) is 0 Å². The Morgan fingerprint density at radius 3 is 2.46 bits per heavy atom. The lowest BCUT2D eigenvalue weighted by atomic mass is 9.89. The molecule has 1 aliphatic heterocycles. The maximum Gasteiger partial charge on any atom is 0.404 e. The molecule has 1 fully saturated rings. The fourth-order valence-electron chi connectivity index (χ4n) is 5.20. The Hall–Kier alpha value is -4.63. The molecule has 0 bridgehead atoms. The number of hydrogen-bond donors (Lipinski definition) is 4. The lowest BCUT2D eigenvalue weighted by Gasteiger charge is -2.47. The summed E-state index contributed by atoms with van der Waals surface area (Å²) in [7, 11) is 1.37. The van der Waals surface area contributed by atoms with Crippen LogP contribution >= 0.6 is 15.9 Å². The van der Waals surface area contributed by atoms with Gasteiger partial charge in [-0.1, -0.05) is 18.2 Å². The van der Waals surface area contributed by atoms with E-state index in [9.17, 15) is 24.6 Å². The Bertz CT molecular complexity index is 1840. The van der Waals surface area contributed by atoms with Crippen molar-refractivity contribution in [1.29, 1.82) is 0 Å². The molecular weight excluding hydrogens is 668 g/mol. The fraction of sp³-hybridized carbons (Fsp3) is 0.281. The summed E-state index contributed by atoms with van der Waals surface area (Å²) in [5.74, 6) is -0.186. The van der Waals surface area contributed by atoms with Crippen LogP contribution < -0.4 is 26.1 Å². The zero-order valence-corrected chi connectivity index (χ0v) is 26.7. The third kappa shape index (κ3) is 6.51. The number of carbonyl (C=O) groups is 2. The molecule has 2 amide bonds. The highest BCUT2D eigenvalue weighted by Gasteiger charge is 2.53. The first-order valence-corrected chi connectivity index (χ1v) is 14.7. The van der Waals surface area contributed by atoms with Crippen molar-refractivity contribution < 1.29 is 47.9 Å². The maximum atomic E-state index is 13.2. The number of carbonyl (C=O) groups excluding carboxylic acids is 2. The molecule has 0 aliphatic carbocycles. The number of amides is 2. The van der Waals surface area contributed by atoms with Gasteiger partial charge in [0.1, 0.15) is 28.9 Å². The number of ether oxygens (including phenoxy) is 5. The van der Waals surface area contributed by atoms with Crippen LogP contribution in [0.15, 0.2) is 74.3 Å². The topological polar surface area (TPSA) is 189 Å². The first-order chi connectivity index (χ1) is 21.8. The molecule has 1 aromatic heterocycles. The van der Waals surface area contributed by atoms with E-state index in [4.69, 9.17) is 33.8 Å². The highest BCUT2D eigenvalue weighted by atomic mass is 79.9. The predicted octanol–water partition coefficient (Wildman–Crippen LogP) is 4.97. The van der Waals surface area contributed by atoms with Gasteiger partial charge in [0.2, 0.25) is 6.29 Å². The van der Waals surface area contributed by atoms with Gasteiger partial charge in [0, 0.05) is 18.2 Å². The van der Waals surface area contributed by atoms with Gasteiger partial charge < -0.3 is 49.4 Å². The first kappa shape index (κ1) is 32.8. The number of fused-ring (bicyclic) bond motifs is 1. The molecule has 242 valence electrons. The molecule has 0 spiro atoms. The van der Waals surface area contributed by atoms with E-state index in [-0.39, 0.29) is 27.8 Å². The number of benzene rings is 3. The molecular formula is C32H31BrN2O11. The van der Waals surface area contributed by atoms with Crippen LogP contribution in [0.5, 0.6) is 23.0 Å². The molecule has 0 unspecified atom stereocenters. The Kier molecular flexibility index (Phi) is 9.26. The number of methoxy groups -OCH3 is 1. The normalized spacial score (nSPS) is 20.6. The van der Waals surface area contributed by atoms with Crippen LogP contribution in [0.25, 0.3) is 11.0 Å². The number of hydrogen-bond acceptors (Lipinski definition) is 11. The van der Waals surface area contributed by atoms with Crippen LogP contribution in [0, 0.1) is 6.92 Å². The van der Waals surface area contributed by atoms with Crippen molar-refractivity contribution in [2.45, 2.75) is 51.0 Å². The number of rotatable bonds is 8. The Labute approximate surface area is 270 Å². The van der Waals surface area contributed by atoms with Crippen LogP contribution in [-0.4, -0.2) is 59.5 Å². The average Bonchev–Trinajstić information content (AvgIpc) is 3.00. The lowest BCUT2D eigenvalue weighted by Crippen LogP contribution is -2.65. The zero-order valence-electron chi connectivity index (χ0n) is 25.1. The minimum atomic E-state index is -1.52. The predicted molar refractivity (Wildman–Crippen MR) is 168 cm³/mol. The summed E-state index contributed by atoms with van der Waals surface area (Å²) >= 11 is 3.40. The number of anilines is 1. The molecule has 4 aromatic rings. The fourth-order valence-corrected chi connectivity index (χ4v) is 5.52. The summed E-state index contributed by atoms with van der Waals surface area (Å²) in [6.45, 7) is 4.88. The molecule has 5 N–H and O–H groups in total. The molecule has 5 rings (SSSR count). The van der Waals surface area contributed by atoms with Crippen LogP contribution in [0.1, 0.15) is 29.8 Å². The van der Waals surface area contributed by atoms with E-state index in [2.05, 4.69) is 21.2 Å². The van der Waals surface area contributed by atoms with Crippen molar-refractivity contribution in [1.82, 2.24) is 0 Å². The van der Waals surface area contributed by atoms with Crippen LogP contribution in [0.2, 0.25) is 0 Å². The van der Waals surface area contributed by atoms with Gasteiger partial charge in [-0.2, -0.15) is 0 Å². The second-order valence-corrected chi connectivity index (χ2v) is 11.8. The smallest absolute Gasteiger partial charge is 0.404 e. The number of aliphatic hydroxyl groups is 1. The Morgan fingerprint density at radius 2 is 1.78 bits per heavy atom. The van der Waals surface area contributed by atoms with E-state index < -0.39 is 59.3 Å². The molecule has 14 heteroatoms. The quantitative estimate of drug-likeness (QED) is 0.182. The van der Waals surface area contributed by atoms with Gasteiger partial charge in [0.25, 0.3) is 5.91 Å². The molecule has 13 nitrogen and oxygen atoms in total. The van der Waals surface area contributed by atoms with Crippen molar-refractivity contribution >= 4 is 44.6 Å². The highest BCUT2D eigenvalue weighted by molar-refractivity contribution is 9.10. The summed E-state index contributed by atoms with van der Waals surface area (Å²) < 4.78 is 34.4.